The normalized spacial score (nSPS) is 11.7. The first-order valence-corrected chi connectivity index (χ1v) is 8.23. The summed E-state index contributed by atoms with van der Waals surface area (Å²) in [6.07, 6.45) is 3.04. The lowest BCUT2D eigenvalue weighted by Gasteiger charge is -2.16. The van der Waals surface area contributed by atoms with E-state index in [0.717, 1.165) is 17.1 Å². The van der Waals surface area contributed by atoms with Gasteiger partial charge in [-0.15, -0.1) is 16.4 Å². The number of carbonyl (C=O) groups is 2. The largest absolute Gasteiger partial charge is 0.334 e. The highest BCUT2D eigenvalue weighted by molar-refractivity contribution is 7.10. The third-order valence-electron chi connectivity index (χ3n) is 2.91. The van der Waals surface area contributed by atoms with E-state index in [1.807, 2.05) is 35.7 Å². The van der Waals surface area contributed by atoms with Gasteiger partial charge >= 0.3 is 11.8 Å². The minimum atomic E-state index is -0.770. The highest BCUT2D eigenvalue weighted by atomic mass is 32.1. The Balaban J connectivity index is 1.76. The Bertz CT molecular complexity index is 775. The molecule has 2 N–H and O–H groups in total. The molecule has 0 spiro atoms. The van der Waals surface area contributed by atoms with Crippen LogP contribution in [-0.2, 0) is 9.59 Å². The molecule has 0 aliphatic carbocycles. The second kappa shape index (κ2) is 7.07. The molecule has 0 aliphatic heterocycles. The SMILES string of the molecule is O=C(Nc1cnns1)C(=O)NC(c1ccccc1)c1nccs1. The molecule has 0 aliphatic rings. The van der Waals surface area contributed by atoms with Gasteiger partial charge in [-0.25, -0.2) is 4.98 Å². The molecule has 1 aromatic carbocycles. The van der Waals surface area contributed by atoms with Crippen molar-refractivity contribution in [3.05, 3.63) is 58.7 Å². The van der Waals surface area contributed by atoms with E-state index >= 15 is 0 Å². The summed E-state index contributed by atoms with van der Waals surface area (Å²) >= 11 is 2.41. The van der Waals surface area contributed by atoms with Crippen molar-refractivity contribution in [3.63, 3.8) is 0 Å². The van der Waals surface area contributed by atoms with Crippen LogP contribution in [0.15, 0.2) is 48.1 Å². The Labute approximate surface area is 139 Å². The summed E-state index contributed by atoms with van der Waals surface area (Å²) in [4.78, 5) is 28.4. The van der Waals surface area contributed by atoms with Crippen LogP contribution in [0, 0.1) is 0 Å². The summed E-state index contributed by atoms with van der Waals surface area (Å²) in [5.74, 6) is -1.52. The monoisotopic (exact) mass is 345 g/mol. The number of hydrogen-bond donors (Lipinski definition) is 2. The number of nitrogens with zero attached hydrogens (tertiary/aromatic N) is 3. The van der Waals surface area contributed by atoms with Crippen molar-refractivity contribution in [2.24, 2.45) is 0 Å². The smallest absolute Gasteiger partial charge is 0.314 e. The molecule has 1 unspecified atom stereocenters. The highest BCUT2D eigenvalue weighted by Gasteiger charge is 2.23. The predicted octanol–water partition coefficient (Wildman–Crippen LogP) is 1.84. The maximum absolute atomic E-state index is 12.2. The molecule has 9 heteroatoms. The van der Waals surface area contributed by atoms with Gasteiger partial charge in [0.1, 0.15) is 16.1 Å². The standard InChI is InChI=1S/C14H11N5O2S2/c20-12(17-10-8-16-19-23-10)13(21)18-11(14-15-6-7-22-14)9-4-2-1-3-5-9/h1-8,11H,(H,17,20)(H,18,21). The van der Waals surface area contributed by atoms with Gasteiger partial charge in [-0.05, 0) is 5.56 Å². The van der Waals surface area contributed by atoms with E-state index in [-0.39, 0.29) is 0 Å². The number of nitrogens with one attached hydrogen (secondary N) is 2. The van der Waals surface area contributed by atoms with Crippen molar-refractivity contribution in [2.75, 3.05) is 5.32 Å². The first-order valence-electron chi connectivity index (χ1n) is 6.57. The lowest BCUT2D eigenvalue weighted by molar-refractivity contribution is -0.136. The summed E-state index contributed by atoms with van der Waals surface area (Å²) in [7, 11) is 0. The molecule has 2 aromatic heterocycles. The maximum Gasteiger partial charge on any atom is 0.314 e. The number of hydrogen-bond acceptors (Lipinski definition) is 7. The Hall–Kier alpha value is -2.65. The molecule has 2 amide bonds. The van der Waals surface area contributed by atoms with Crippen LogP contribution in [0.4, 0.5) is 5.00 Å². The van der Waals surface area contributed by atoms with Gasteiger partial charge in [-0.2, -0.15) is 0 Å². The average Bonchev–Trinajstić information content (AvgIpc) is 3.26. The van der Waals surface area contributed by atoms with E-state index in [1.165, 1.54) is 17.5 Å². The van der Waals surface area contributed by atoms with Crippen molar-refractivity contribution >= 4 is 39.7 Å². The number of anilines is 1. The zero-order valence-electron chi connectivity index (χ0n) is 11.7. The molecule has 2 heterocycles. The Morgan fingerprint density at radius 3 is 2.61 bits per heavy atom. The third kappa shape index (κ3) is 3.76. The zero-order chi connectivity index (χ0) is 16.1. The molecule has 0 saturated heterocycles. The first-order chi connectivity index (χ1) is 11.2. The van der Waals surface area contributed by atoms with E-state index in [1.54, 1.807) is 6.20 Å². The number of benzene rings is 1. The zero-order valence-corrected chi connectivity index (χ0v) is 13.3. The lowest BCUT2D eigenvalue weighted by Crippen LogP contribution is -2.38. The average molecular weight is 345 g/mol. The summed E-state index contributed by atoms with van der Waals surface area (Å²) in [6.45, 7) is 0. The third-order valence-corrected chi connectivity index (χ3v) is 4.33. The van der Waals surface area contributed by atoms with Crippen LogP contribution in [0.1, 0.15) is 16.6 Å². The van der Waals surface area contributed by atoms with Crippen molar-refractivity contribution in [3.8, 4) is 0 Å². The van der Waals surface area contributed by atoms with E-state index in [4.69, 9.17) is 0 Å². The second-order valence-corrected chi connectivity index (χ2v) is 6.14. The summed E-state index contributed by atoms with van der Waals surface area (Å²) in [5.41, 5.74) is 0.850. The van der Waals surface area contributed by atoms with Gasteiger partial charge in [-0.1, -0.05) is 34.8 Å². The fourth-order valence-electron chi connectivity index (χ4n) is 1.90. The van der Waals surface area contributed by atoms with Gasteiger partial charge in [0.25, 0.3) is 0 Å². The second-order valence-electron chi connectivity index (χ2n) is 4.42. The maximum atomic E-state index is 12.2. The summed E-state index contributed by atoms with van der Waals surface area (Å²) < 4.78 is 3.62. The predicted molar refractivity (Wildman–Crippen MR) is 87.1 cm³/mol. The minimum Gasteiger partial charge on any atom is -0.334 e. The molecule has 3 rings (SSSR count). The van der Waals surface area contributed by atoms with Crippen LogP contribution >= 0.6 is 22.9 Å². The van der Waals surface area contributed by atoms with Gasteiger partial charge in [-0.3, -0.25) is 9.59 Å². The van der Waals surface area contributed by atoms with E-state index in [0.29, 0.717) is 10.0 Å². The molecule has 0 fully saturated rings. The Morgan fingerprint density at radius 2 is 1.96 bits per heavy atom. The number of amides is 2. The molecule has 116 valence electrons. The molecule has 0 saturated carbocycles. The van der Waals surface area contributed by atoms with E-state index < -0.39 is 17.9 Å². The van der Waals surface area contributed by atoms with Gasteiger partial charge in [0, 0.05) is 23.1 Å². The van der Waals surface area contributed by atoms with Crippen molar-refractivity contribution in [1.29, 1.82) is 0 Å². The van der Waals surface area contributed by atoms with Crippen LogP contribution < -0.4 is 10.6 Å². The molecule has 7 nitrogen and oxygen atoms in total. The van der Waals surface area contributed by atoms with E-state index in [9.17, 15) is 9.59 Å². The fraction of sp³-hybridized carbons (Fsp3) is 0.0714. The lowest BCUT2D eigenvalue weighted by atomic mass is 10.1. The summed E-state index contributed by atoms with van der Waals surface area (Å²) in [5, 5.41) is 11.7. The molecule has 3 aromatic rings. The van der Waals surface area contributed by atoms with Crippen molar-refractivity contribution in [2.45, 2.75) is 6.04 Å². The van der Waals surface area contributed by atoms with Crippen LogP contribution in [0.3, 0.4) is 0 Å². The number of thiazole rings is 1. The molecular formula is C14H11N5O2S2. The number of aromatic nitrogens is 3. The Morgan fingerprint density at radius 1 is 1.13 bits per heavy atom. The molecule has 1 atom stereocenters. The van der Waals surface area contributed by atoms with Crippen LogP contribution in [0.2, 0.25) is 0 Å². The van der Waals surface area contributed by atoms with Gasteiger partial charge < -0.3 is 10.6 Å². The molecular weight excluding hydrogens is 334 g/mol. The Kier molecular flexibility index (Phi) is 4.69. The minimum absolute atomic E-state index is 0.413. The summed E-state index contributed by atoms with van der Waals surface area (Å²) in [6, 6.07) is 8.88. The highest BCUT2D eigenvalue weighted by Crippen LogP contribution is 2.23. The van der Waals surface area contributed by atoms with Gasteiger partial charge in [0.05, 0.1) is 6.20 Å². The fourth-order valence-corrected chi connectivity index (χ4v) is 3.03. The van der Waals surface area contributed by atoms with Gasteiger partial charge in [0.15, 0.2) is 0 Å². The van der Waals surface area contributed by atoms with Gasteiger partial charge in [0.2, 0.25) is 0 Å². The molecule has 0 bridgehead atoms. The topological polar surface area (TPSA) is 96.9 Å². The number of carbonyl (C=O) groups excluding carboxylic acids is 2. The van der Waals surface area contributed by atoms with Crippen molar-refractivity contribution < 1.29 is 9.59 Å². The van der Waals surface area contributed by atoms with E-state index in [2.05, 4.69) is 25.2 Å². The molecule has 0 radical (unpaired) electrons. The van der Waals surface area contributed by atoms with Crippen LogP contribution in [-0.4, -0.2) is 26.4 Å². The quantitative estimate of drug-likeness (QED) is 0.703. The van der Waals surface area contributed by atoms with Crippen LogP contribution in [0.5, 0.6) is 0 Å². The molecule has 23 heavy (non-hydrogen) atoms. The first kappa shape index (κ1) is 15.3. The van der Waals surface area contributed by atoms with Crippen molar-refractivity contribution in [1.82, 2.24) is 19.9 Å². The van der Waals surface area contributed by atoms with Crippen LogP contribution in [0.25, 0.3) is 0 Å². The number of rotatable bonds is 4.